The lowest BCUT2D eigenvalue weighted by Gasteiger charge is -2.18. The van der Waals surface area contributed by atoms with Gasteiger partial charge in [-0.05, 0) is 42.9 Å². The SMILES string of the molecule is CNC(=O)c1c(NC(=O)c2ccc(C(=O)c3ccccc3)cc2)sc2c1CCC(C)C2. The normalized spacial score (nSPS) is 15.1. The molecule has 158 valence electrons. The van der Waals surface area contributed by atoms with Crippen molar-refractivity contribution in [2.75, 3.05) is 12.4 Å². The first-order valence-corrected chi connectivity index (χ1v) is 11.2. The van der Waals surface area contributed by atoms with Gasteiger partial charge in [-0.3, -0.25) is 14.4 Å². The van der Waals surface area contributed by atoms with Crippen LogP contribution < -0.4 is 10.6 Å². The van der Waals surface area contributed by atoms with Crippen LogP contribution in [0.25, 0.3) is 0 Å². The fraction of sp³-hybridized carbons (Fsp3) is 0.240. The summed E-state index contributed by atoms with van der Waals surface area (Å²) in [6.07, 6.45) is 2.82. The van der Waals surface area contributed by atoms with Crippen LogP contribution in [0, 0.1) is 5.92 Å². The molecule has 2 amide bonds. The van der Waals surface area contributed by atoms with Crippen LogP contribution >= 0.6 is 11.3 Å². The second-order valence-corrected chi connectivity index (χ2v) is 8.97. The zero-order valence-corrected chi connectivity index (χ0v) is 18.3. The van der Waals surface area contributed by atoms with Gasteiger partial charge < -0.3 is 10.6 Å². The van der Waals surface area contributed by atoms with E-state index in [1.165, 1.54) is 16.2 Å². The van der Waals surface area contributed by atoms with Crippen molar-refractivity contribution >= 4 is 33.9 Å². The first kappa shape index (κ1) is 21.0. The zero-order valence-electron chi connectivity index (χ0n) is 17.5. The third-order valence-corrected chi connectivity index (χ3v) is 6.81. The molecule has 31 heavy (non-hydrogen) atoms. The van der Waals surface area contributed by atoms with Gasteiger partial charge in [0.25, 0.3) is 11.8 Å². The Morgan fingerprint density at radius 1 is 0.903 bits per heavy atom. The maximum absolute atomic E-state index is 12.9. The molecule has 0 spiro atoms. The number of ketones is 1. The number of benzene rings is 2. The molecule has 6 heteroatoms. The molecule has 2 aromatic carbocycles. The molecule has 4 rings (SSSR count). The Bertz CT molecular complexity index is 1130. The number of thiophene rings is 1. The van der Waals surface area contributed by atoms with E-state index in [9.17, 15) is 14.4 Å². The van der Waals surface area contributed by atoms with Gasteiger partial charge in [-0.1, -0.05) is 49.4 Å². The highest BCUT2D eigenvalue weighted by atomic mass is 32.1. The van der Waals surface area contributed by atoms with Crippen LogP contribution in [0.1, 0.15) is 60.4 Å². The molecule has 5 nitrogen and oxygen atoms in total. The lowest BCUT2D eigenvalue weighted by Crippen LogP contribution is -2.22. The van der Waals surface area contributed by atoms with Crippen molar-refractivity contribution in [2.45, 2.75) is 26.2 Å². The number of fused-ring (bicyclic) bond motifs is 1. The molecule has 0 saturated carbocycles. The molecule has 1 aliphatic rings. The van der Waals surface area contributed by atoms with Gasteiger partial charge >= 0.3 is 0 Å². The van der Waals surface area contributed by atoms with Crippen LogP contribution in [0.3, 0.4) is 0 Å². The summed E-state index contributed by atoms with van der Waals surface area (Å²) in [6, 6.07) is 15.6. The van der Waals surface area contributed by atoms with E-state index in [1.807, 2.05) is 18.2 Å². The van der Waals surface area contributed by atoms with Gasteiger partial charge in [0.2, 0.25) is 0 Å². The maximum Gasteiger partial charge on any atom is 0.256 e. The van der Waals surface area contributed by atoms with E-state index in [0.29, 0.717) is 33.2 Å². The summed E-state index contributed by atoms with van der Waals surface area (Å²) in [5.74, 6) is 0.0121. The standard InChI is InChI=1S/C25H24N2O3S/c1-15-8-13-19-20(14-15)31-25(21(19)24(30)26-2)27-23(29)18-11-9-17(10-12-18)22(28)16-6-4-3-5-7-16/h3-7,9-12,15H,8,13-14H2,1-2H3,(H,26,30)(H,27,29). The largest absolute Gasteiger partial charge is 0.355 e. The molecular formula is C25H24N2O3S. The quantitative estimate of drug-likeness (QED) is 0.573. The number of anilines is 1. The first-order valence-electron chi connectivity index (χ1n) is 10.4. The molecular weight excluding hydrogens is 408 g/mol. The molecule has 1 atom stereocenters. The molecule has 3 aromatic rings. The smallest absolute Gasteiger partial charge is 0.256 e. The van der Waals surface area contributed by atoms with Crippen molar-refractivity contribution in [3.63, 3.8) is 0 Å². The summed E-state index contributed by atoms with van der Waals surface area (Å²) in [5, 5.41) is 6.22. The minimum atomic E-state index is -0.296. The summed E-state index contributed by atoms with van der Waals surface area (Å²) in [5.41, 5.74) is 3.20. The number of hydrogen-bond donors (Lipinski definition) is 2. The minimum absolute atomic E-state index is 0.0884. The highest BCUT2D eigenvalue weighted by molar-refractivity contribution is 7.17. The lowest BCUT2D eigenvalue weighted by atomic mass is 9.88. The van der Waals surface area contributed by atoms with Crippen molar-refractivity contribution in [2.24, 2.45) is 5.92 Å². The van der Waals surface area contributed by atoms with Crippen LogP contribution in [0.5, 0.6) is 0 Å². The summed E-state index contributed by atoms with van der Waals surface area (Å²) in [6.45, 7) is 2.21. The fourth-order valence-electron chi connectivity index (χ4n) is 3.91. The Morgan fingerprint density at radius 3 is 2.23 bits per heavy atom. The third-order valence-electron chi connectivity index (χ3n) is 5.64. The Kier molecular flexibility index (Phi) is 6.00. The zero-order chi connectivity index (χ0) is 22.0. The summed E-state index contributed by atoms with van der Waals surface area (Å²) in [4.78, 5) is 39.2. The van der Waals surface area contributed by atoms with E-state index >= 15 is 0 Å². The lowest BCUT2D eigenvalue weighted by molar-refractivity contribution is 0.0962. The van der Waals surface area contributed by atoms with Crippen LogP contribution in [0.2, 0.25) is 0 Å². The molecule has 2 N–H and O–H groups in total. The number of carbonyl (C=O) groups is 3. The number of rotatable bonds is 5. The van der Waals surface area contributed by atoms with E-state index in [2.05, 4.69) is 17.6 Å². The Balaban J connectivity index is 1.56. The van der Waals surface area contributed by atoms with Crippen LogP contribution in [-0.4, -0.2) is 24.6 Å². The van der Waals surface area contributed by atoms with Gasteiger partial charge in [0.05, 0.1) is 5.56 Å². The molecule has 1 unspecified atom stereocenters. The first-order chi connectivity index (χ1) is 15.0. The molecule has 1 aromatic heterocycles. The van der Waals surface area contributed by atoms with Crippen molar-refractivity contribution in [3.05, 3.63) is 87.3 Å². The van der Waals surface area contributed by atoms with E-state index in [0.717, 1.165) is 24.8 Å². The van der Waals surface area contributed by atoms with Crippen molar-refractivity contribution in [1.29, 1.82) is 0 Å². The Morgan fingerprint density at radius 2 is 1.55 bits per heavy atom. The van der Waals surface area contributed by atoms with Gasteiger partial charge in [0.15, 0.2) is 5.78 Å². The highest BCUT2D eigenvalue weighted by Crippen LogP contribution is 2.39. The number of carbonyl (C=O) groups excluding carboxylic acids is 3. The molecule has 0 aliphatic heterocycles. The molecule has 0 radical (unpaired) electrons. The monoisotopic (exact) mass is 432 g/mol. The average Bonchev–Trinajstić information content (AvgIpc) is 3.15. The van der Waals surface area contributed by atoms with Gasteiger partial charge in [0, 0.05) is 28.6 Å². The summed E-state index contributed by atoms with van der Waals surface area (Å²) in [7, 11) is 1.60. The van der Waals surface area contributed by atoms with Crippen molar-refractivity contribution < 1.29 is 14.4 Å². The maximum atomic E-state index is 12.9. The van der Waals surface area contributed by atoms with Gasteiger partial charge in [0.1, 0.15) is 5.00 Å². The topological polar surface area (TPSA) is 75.3 Å². The van der Waals surface area contributed by atoms with Crippen LogP contribution in [0.4, 0.5) is 5.00 Å². The van der Waals surface area contributed by atoms with Gasteiger partial charge in [-0.15, -0.1) is 11.3 Å². The highest BCUT2D eigenvalue weighted by Gasteiger charge is 2.28. The minimum Gasteiger partial charge on any atom is -0.355 e. The average molecular weight is 433 g/mol. The molecule has 0 fully saturated rings. The second-order valence-electron chi connectivity index (χ2n) is 7.86. The number of nitrogens with one attached hydrogen (secondary N) is 2. The van der Waals surface area contributed by atoms with E-state index in [1.54, 1.807) is 43.4 Å². The van der Waals surface area contributed by atoms with Gasteiger partial charge in [-0.25, -0.2) is 0 Å². The third kappa shape index (κ3) is 4.30. The molecule has 0 bridgehead atoms. The summed E-state index contributed by atoms with van der Waals surface area (Å²) >= 11 is 1.49. The Hall–Kier alpha value is -3.25. The van der Waals surface area contributed by atoms with Crippen molar-refractivity contribution in [1.82, 2.24) is 5.32 Å². The number of hydrogen-bond acceptors (Lipinski definition) is 4. The van der Waals surface area contributed by atoms with Crippen molar-refractivity contribution in [3.8, 4) is 0 Å². The number of amides is 2. The predicted molar refractivity (Wildman–Crippen MR) is 123 cm³/mol. The van der Waals surface area contributed by atoms with E-state index in [4.69, 9.17) is 0 Å². The van der Waals surface area contributed by atoms with Gasteiger partial charge in [-0.2, -0.15) is 0 Å². The fourth-order valence-corrected chi connectivity index (χ4v) is 5.31. The summed E-state index contributed by atoms with van der Waals surface area (Å²) < 4.78 is 0. The second kappa shape index (κ2) is 8.86. The predicted octanol–water partition coefficient (Wildman–Crippen LogP) is 4.72. The Labute approximate surface area is 185 Å². The van der Waals surface area contributed by atoms with E-state index < -0.39 is 0 Å². The van der Waals surface area contributed by atoms with Crippen LogP contribution in [-0.2, 0) is 12.8 Å². The van der Waals surface area contributed by atoms with Crippen LogP contribution in [0.15, 0.2) is 54.6 Å². The van der Waals surface area contributed by atoms with E-state index in [-0.39, 0.29) is 17.6 Å². The molecule has 0 saturated heterocycles. The molecule has 1 aliphatic carbocycles. The molecule has 1 heterocycles.